The molecule has 1 saturated heterocycles. The number of sulfonamides is 1. The minimum atomic E-state index is -3.77. The number of aromatic nitrogens is 2. The topological polar surface area (TPSA) is 123 Å². The van der Waals surface area contributed by atoms with Crippen molar-refractivity contribution >= 4 is 21.9 Å². The third kappa shape index (κ3) is 4.62. The predicted octanol–water partition coefficient (Wildman–Crippen LogP) is 1.71. The molecule has 11 heteroatoms. The van der Waals surface area contributed by atoms with E-state index in [-0.39, 0.29) is 48.5 Å². The third-order valence-corrected chi connectivity index (χ3v) is 7.25. The molecule has 31 heavy (non-hydrogen) atoms. The van der Waals surface area contributed by atoms with E-state index in [4.69, 9.17) is 9.26 Å². The van der Waals surface area contributed by atoms with E-state index in [2.05, 4.69) is 10.1 Å². The molecule has 1 aliphatic rings. The van der Waals surface area contributed by atoms with Gasteiger partial charge in [0.25, 0.3) is 5.91 Å². The molecule has 3 rings (SSSR count). The molecule has 3 heterocycles. The summed E-state index contributed by atoms with van der Waals surface area (Å²) in [5.41, 5.74) is 1.23. The highest BCUT2D eigenvalue weighted by molar-refractivity contribution is 7.89. The zero-order valence-electron chi connectivity index (χ0n) is 18.0. The van der Waals surface area contributed by atoms with Crippen molar-refractivity contribution in [1.29, 1.82) is 0 Å². The smallest absolute Gasteiger partial charge is 0.339 e. The van der Waals surface area contributed by atoms with Gasteiger partial charge in [-0.15, -0.1) is 0 Å². The van der Waals surface area contributed by atoms with Crippen LogP contribution in [-0.2, 0) is 14.8 Å². The summed E-state index contributed by atoms with van der Waals surface area (Å²) in [6.07, 6.45) is 0.480. The maximum atomic E-state index is 13.1. The van der Waals surface area contributed by atoms with Gasteiger partial charge in [-0.05, 0) is 46.2 Å². The number of hydrogen-bond donors (Lipinski definition) is 0. The van der Waals surface area contributed by atoms with Gasteiger partial charge in [0.05, 0.1) is 17.9 Å². The van der Waals surface area contributed by atoms with Gasteiger partial charge in [-0.2, -0.15) is 4.31 Å². The van der Waals surface area contributed by atoms with Crippen molar-refractivity contribution in [2.45, 2.75) is 39.0 Å². The standard InChI is InChI=1S/C20H26N4O6S/c1-5-29-20(26)16-7-8-17(21-13(16)2)19(25)23-9-6-10-24(12-11-23)31(27,28)18-14(3)22-30-15(18)4/h7-8H,5-6,9-12H2,1-4H3. The monoisotopic (exact) mass is 450 g/mol. The highest BCUT2D eigenvalue weighted by Crippen LogP contribution is 2.24. The summed E-state index contributed by atoms with van der Waals surface area (Å²) in [4.78, 5) is 30.8. The lowest BCUT2D eigenvalue weighted by Gasteiger charge is -2.22. The van der Waals surface area contributed by atoms with Crippen molar-refractivity contribution in [2.24, 2.45) is 0 Å². The number of nitrogens with zero attached hydrogens (tertiary/aromatic N) is 4. The largest absolute Gasteiger partial charge is 0.462 e. The lowest BCUT2D eigenvalue weighted by Crippen LogP contribution is -2.38. The van der Waals surface area contributed by atoms with Gasteiger partial charge in [-0.25, -0.2) is 18.2 Å². The highest BCUT2D eigenvalue weighted by Gasteiger charge is 2.33. The number of carbonyl (C=O) groups is 2. The maximum Gasteiger partial charge on any atom is 0.339 e. The fourth-order valence-electron chi connectivity index (χ4n) is 3.58. The SMILES string of the molecule is CCOC(=O)c1ccc(C(=O)N2CCCN(S(=O)(=O)c3c(C)noc3C)CC2)nc1C. The Balaban J connectivity index is 1.74. The van der Waals surface area contributed by atoms with E-state index in [1.807, 2.05) is 0 Å². The summed E-state index contributed by atoms with van der Waals surface area (Å²) < 4.78 is 37.5. The Hall–Kier alpha value is -2.79. The van der Waals surface area contributed by atoms with E-state index in [0.29, 0.717) is 29.9 Å². The first kappa shape index (κ1) is 22.9. The summed E-state index contributed by atoms with van der Waals surface area (Å²) in [7, 11) is -3.77. The second kappa shape index (κ2) is 9.15. The summed E-state index contributed by atoms with van der Waals surface area (Å²) >= 11 is 0. The molecule has 2 aromatic rings. The summed E-state index contributed by atoms with van der Waals surface area (Å²) in [6.45, 7) is 7.81. The molecule has 0 radical (unpaired) electrons. The molecular formula is C20H26N4O6S. The second-order valence-corrected chi connectivity index (χ2v) is 9.13. The molecule has 0 unspecified atom stereocenters. The molecule has 1 aliphatic heterocycles. The van der Waals surface area contributed by atoms with Gasteiger partial charge in [-0.3, -0.25) is 4.79 Å². The summed E-state index contributed by atoms with van der Waals surface area (Å²) in [5, 5.41) is 3.74. The van der Waals surface area contributed by atoms with Gasteiger partial charge in [0.1, 0.15) is 16.3 Å². The Morgan fingerprint density at radius 1 is 1.10 bits per heavy atom. The fraction of sp³-hybridized carbons (Fsp3) is 0.500. The first-order valence-corrected chi connectivity index (χ1v) is 11.5. The van der Waals surface area contributed by atoms with E-state index in [1.54, 1.807) is 32.6 Å². The van der Waals surface area contributed by atoms with Gasteiger partial charge < -0.3 is 14.2 Å². The number of ether oxygens (including phenoxy) is 1. The first-order valence-electron chi connectivity index (χ1n) is 10.0. The second-order valence-electron chi connectivity index (χ2n) is 7.25. The van der Waals surface area contributed by atoms with Crippen LogP contribution in [-0.4, -0.2) is 72.4 Å². The van der Waals surface area contributed by atoms with Gasteiger partial charge in [-0.1, -0.05) is 5.16 Å². The van der Waals surface area contributed by atoms with Crippen molar-refractivity contribution in [3.05, 3.63) is 40.5 Å². The van der Waals surface area contributed by atoms with Crippen LogP contribution in [0.4, 0.5) is 0 Å². The zero-order valence-corrected chi connectivity index (χ0v) is 18.9. The van der Waals surface area contributed by atoms with Gasteiger partial charge in [0.15, 0.2) is 5.76 Å². The van der Waals surface area contributed by atoms with Crippen LogP contribution < -0.4 is 0 Å². The molecule has 0 N–H and O–H groups in total. The van der Waals surface area contributed by atoms with Gasteiger partial charge >= 0.3 is 5.97 Å². The Labute approximate surface area is 181 Å². The maximum absolute atomic E-state index is 13.1. The Morgan fingerprint density at radius 3 is 2.45 bits per heavy atom. The zero-order chi connectivity index (χ0) is 22.8. The average Bonchev–Trinajstić information content (AvgIpc) is 2.92. The van der Waals surface area contributed by atoms with Crippen LogP contribution in [0, 0.1) is 20.8 Å². The lowest BCUT2D eigenvalue weighted by atomic mass is 10.1. The van der Waals surface area contributed by atoms with Crippen LogP contribution in [0.3, 0.4) is 0 Å². The average molecular weight is 451 g/mol. The van der Waals surface area contributed by atoms with E-state index in [1.165, 1.54) is 16.4 Å². The lowest BCUT2D eigenvalue weighted by molar-refractivity contribution is 0.0524. The van der Waals surface area contributed by atoms with Crippen molar-refractivity contribution in [1.82, 2.24) is 19.3 Å². The van der Waals surface area contributed by atoms with Crippen LogP contribution in [0.25, 0.3) is 0 Å². The molecule has 0 spiro atoms. The number of rotatable bonds is 5. The summed E-state index contributed by atoms with van der Waals surface area (Å²) in [6, 6.07) is 3.02. The van der Waals surface area contributed by atoms with E-state index in [0.717, 1.165) is 0 Å². The minimum absolute atomic E-state index is 0.0825. The predicted molar refractivity (Wildman–Crippen MR) is 110 cm³/mol. The molecule has 168 valence electrons. The number of aryl methyl sites for hydroxylation is 3. The quantitative estimate of drug-likeness (QED) is 0.631. The number of carbonyl (C=O) groups excluding carboxylic acids is 2. The number of amides is 1. The molecule has 0 saturated carbocycles. The van der Waals surface area contributed by atoms with Crippen molar-refractivity contribution < 1.29 is 27.3 Å². The molecule has 0 aromatic carbocycles. The number of esters is 1. The Kier molecular flexibility index (Phi) is 6.75. The molecule has 1 fully saturated rings. The molecule has 0 aliphatic carbocycles. The van der Waals surface area contributed by atoms with Gasteiger partial charge in [0, 0.05) is 26.2 Å². The number of pyridine rings is 1. The Bertz CT molecular complexity index is 1080. The first-order chi connectivity index (χ1) is 14.7. The fourth-order valence-corrected chi connectivity index (χ4v) is 5.34. The normalized spacial score (nSPS) is 15.5. The van der Waals surface area contributed by atoms with Crippen molar-refractivity contribution in [2.75, 3.05) is 32.8 Å². The highest BCUT2D eigenvalue weighted by atomic mass is 32.2. The van der Waals surface area contributed by atoms with Crippen LogP contribution in [0.5, 0.6) is 0 Å². The molecule has 1 amide bonds. The van der Waals surface area contributed by atoms with Crippen LogP contribution in [0.1, 0.15) is 51.3 Å². The molecule has 0 atom stereocenters. The van der Waals surface area contributed by atoms with Gasteiger partial charge in [0.2, 0.25) is 10.0 Å². The molecule has 10 nitrogen and oxygen atoms in total. The van der Waals surface area contributed by atoms with E-state index in [9.17, 15) is 18.0 Å². The Morgan fingerprint density at radius 2 is 1.84 bits per heavy atom. The van der Waals surface area contributed by atoms with Crippen LogP contribution >= 0.6 is 0 Å². The minimum Gasteiger partial charge on any atom is -0.462 e. The van der Waals surface area contributed by atoms with Crippen molar-refractivity contribution in [3.8, 4) is 0 Å². The molecular weight excluding hydrogens is 424 g/mol. The summed E-state index contributed by atoms with van der Waals surface area (Å²) in [5.74, 6) is -0.549. The van der Waals surface area contributed by atoms with Crippen LogP contribution in [0.2, 0.25) is 0 Å². The molecule has 0 bridgehead atoms. The van der Waals surface area contributed by atoms with Crippen LogP contribution in [0.15, 0.2) is 21.6 Å². The van der Waals surface area contributed by atoms with E-state index < -0.39 is 16.0 Å². The van der Waals surface area contributed by atoms with Crippen molar-refractivity contribution in [3.63, 3.8) is 0 Å². The number of hydrogen-bond acceptors (Lipinski definition) is 8. The van der Waals surface area contributed by atoms with E-state index >= 15 is 0 Å². The molecule has 2 aromatic heterocycles. The third-order valence-electron chi connectivity index (χ3n) is 5.11.